The number of aliphatic carboxylic acids is 1. The summed E-state index contributed by atoms with van der Waals surface area (Å²) in [5, 5.41) is 31.4. The van der Waals surface area contributed by atoms with E-state index in [1.807, 2.05) is 67.8 Å². The van der Waals surface area contributed by atoms with Crippen molar-refractivity contribution < 1.29 is 29.7 Å². The number of carboxylic acids is 1. The van der Waals surface area contributed by atoms with Crippen LogP contribution in [-0.2, 0) is 4.79 Å². The summed E-state index contributed by atoms with van der Waals surface area (Å²) in [6, 6.07) is 0. The van der Waals surface area contributed by atoms with Gasteiger partial charge in [0, 0.05) is 10.1 Å². The van der Waals surface area contributed by atoms with Gasteiger partial charge in [-0.15, -0.1) is 0 Å². The van der Waals surface area contributed by atoms with E-state index in [-0.39, 0.29) is 17.7 Å². The number of carbonyl (C=O) groups is 3. The number of benzene rings is 1. The van der Waals surface area contributed by atoms with E-state index in [0.29, 0.717) is 16.4 Å². The highest BCUT2D eigenvalue weighted by Gasteiger charge is 2.27. The number of rotatable bonds is 8. The van der Waals surface area contributed by atoms with E-state index in [1.54, 1.807) is 0 Å². The molecular formula is C13H12ClI3N2O6. The van der Waals surface area contributed by atoms with Crippen LogP contribution in [0.3, 0.4) is 0 Å². The summed E-state index contributed by atoms with van der Waals surface area (Å²) in [6.45, 7) is -1.11. The Morgan fingerprint density at radius 3 is 2.12 bits per heavy atom. The van der Waals surface area contributed by atoms with Gasteiger partial charge in [0.15, 0.2) is 0 Å². The lowest BCUT2D eigenvalue weighted by Crippen LogP contribution is -2.35. The minimum Gasteiger partial charge on any atom is -0.480 e. The summed E-state index contributed by atoms with van der Waals surface area (Å²) in [7, 11) is 0. The SMILES string of the molecule is O=C(O)CNc1c(I)c(C(=O)Cl)c(I)c(C(=O)NCC(O)CO)c1I. The second-order valence-corrected chi connectivity index (χ2v) is 8.21. The first-order valence-electron chi connectivity index (χ1n) is 6.54. The molecule has 0 radical (unpaired) electrons. The number of carboxylic acid groups (broad SMARTS) is 1. The third-order valence-corrected chi connectivity index (χ3v) is 6.29. The van der Waals surface area contributed by atoms with Gasteiger partial charge in [0.05, 0.1) is 36.7 Å². The Labute approximate surface area is 188 Å². The number of aliphatic hydroxyl groups is 2. The van der Waals surface area contributed by atoms with Crippen molar-refractivity contribution >= 4 is 102 Å². The van der Waals surface area contributed by atoms with Crippen molar-refractivity contribution in [1.29, 1.82) is 0 Å². The van der Waals surface area contributed by atoms with Gasteiger partial charge < -0.3 is 26.0 Å². The highest BCUT2D eigenvalue weighted by atomic mass is 127. The number of halogens is 4. The van der Waals surface area contributed by atoms with E-state index in [2.05, 4.69) is 10.6 Å². The van der Waals surface area contributed by atoms with Gasteiger partial charge in [-0.05, 0) is 79.4 Å². The van der Waals surface area contributed by atoms with Crippen LogP contribution in [0.2, 0.25) is 0 Å². The number of aliphatic hydroxyl groups excluding tert-OH is 2. The molecular weight excluding hydrogens is 696 g/mol. The standard InChI is InChI=1S/C13H12ClI3N2O6/c14-12(24)6-8(15)7(13(25)19-1-4(21)3-20)10(17)11(9(6)16)18-2-5(22)23/h4,18,20-21H,1-3H2,(H,19,25)(H,22,23). The first-order valence-corrected chi connectivity index (χ1v) is 10.2. The zero-order valence-electron chi connectivity index (χ0n) is 12.3. The molecule has 0 aliphatic heterocycles. The molecule has 0 saturated carbocycles. The maximum absolute atomic E-state index is 12.5. The molecule has 8 nitrogen and oxygen atoms in total. The van der Waals surface area contributed by atoms with E-state index in [4.69, 9.17) is 21.8 Å². The molecule has 1 unspecified atom stereocenters. The van der Waals surface area contributed by atoms with Crippen LogP contribution in [0.15, 0.2) is 0 Å². The number of nitrogens with one attached hydrogen (secondary N) is 2. The Balaban J connectivity index is 3.42. The van der Waals surface area contributed by atoms with Crippen LogP contribution in [0.25, 0.3) is 0 Å². The zero-order chi connectivity index (χ0) is 19.3. The average molecular weight is 708 g/mol. The van der Waals surface area contributed by atoms with Gasteiger partial charge in [0.2, 0.25) is 0 Å². The Kier molecular flexibility index (Phi) is 9.58. The lowest BCUT2D eigenvalue weighted by Gasteiger charge is -2.18. The van der Waals surface area contributed by atoms with E-state index in [9.17, 15) is 19.5 Å². The topological polar surface area (TPSA) is 136 Å². The monoisotopic (exact) mass is 708 g/mol. The third-order valence-electron chi connectivity index (χ3n) is 2.87. The van der Waals surface area contributed by atoms with E-state index in [0.717, 1.165) is 0 Å². The Bertz CT molecular complexity index is 716. The molecule has 1 atom stereocenters. The molecule has 1 aromatic rings. The summed E-state index contributed by atoms with van der Waals surface area (Å²) in [5.41, 5.74) is 0.522. The molecule has 0 heterocycles. The Hall–Kier alpha value is 0.0300. The van der Waals surface area contributed by atoms with Crippen LogP contribution in [-0.4, -0.2) is 58.2 Å². The van der Waals surface area contributed by atoms with Gasteiger partial charge in [-0.3, -0.25) is 14.4 Å². The molecule has 12 heteroatoms. The van der Waals surface area contributed by atoms with E-state index < -0.39 is 36.4 Å². The van der Waals surface area contributed by atoms with Crippen LogP contribution >= 0.6 is 79.4 Å². The molecule has 0 aliphatic carbocycles. The van der Waals surface area contributed by atoms with E-state index >= 15 is 0 Å². The zero-order valence-corrected chi connectivity index (χ0v) is 19.5. The highest BCUT2D eigenvalue weighted by Crippen LogP contribution is 2.36. The molecule has 0 spiro atoms. The van der Waals surface area contributed by atoms with Crippen LogP contribution < -0.4 is 10.6 Å². The summed E-state index contributed by atoms with van der Waals surface area (Å²) in [5.74, 6) is -1.70. The molecule has 0 saturated heterocycles. The largest absolute Gasteiger partial charge is 0.480 e. The summed E-state index contributed by atoms with van der Waals surface area (Å²) in [4.78, 5) is 35.1. The van der Waals surface area contributed by atoms with Crippen LogP contribution in [0.1, 0.15) is 20.7 Å². The fourth-order valence-corrected chi connectivity index (χ4v) is 6.75. The number of amides is 1. The van der Waals surface area contributed by atoms with Gasteiger partial charge in [-0.1, -0.05) is 0 Å². The molecule has 1 rings (SSSR count). The number of carbonyl (C=O) groups excluding carboxylic acids is 2. The first kappa shape index (κ1) is 23.1. The predicted octanol–water partition coefficient (Wildman–Crippen LogP) is 1.46. The molecule has 25 heavy (non-hydrogen) atoms. The van der Waals surface area contributed by atoms with Crippen LogP contribution in [0.5, 0.6) is 0 Å². The first-order chi connectivity index (χ1) is 11.6. The fraction of sp³-hybridized carbons (Fsp3) is 0.308. The summed E-state index contributed by atoms with van der Waals surface area (Å²) >= 11 is 11.2. The molecule has 0 fully saturated rings. The van der Waals surface area contributed by atoms with Crippen molar-refractivity contribution in [3.63, 3.8) is 0 Å². The maximum atomic E-state index is 12.5. The van der Waals surface area contributed by atoms with Crippen molar-refractivity contribution in [2.24, 2.45) is 0 Å². The Morgan fingerprint density at radius 2 is 1.64 bits per heavy atom. The molecule has 0 aromatic heterocycles. The number of hydrogen-bond acceptors (Lipinski definition) is 6. The van der Waals surface area contributed by atoms with E-state index in [1.165, 1.54) is 0 Å². The van der Waals surface area contributed by atoms with Gasteiger partial charge in [-0.2, -0.15) is 0 Å². The second-order valence-electron chi connectivity index (χ2n) is 4.63. The van der Waals surface area contributed by atoms with Crippen molar-refractivity contribution in [2.75, 3.05) is 25.0 Å². The van der Waals surface area contributed by atoms with Gasteiger partial charge >= 0.3 is 5.97 Å². The average Bonchev–Trinajstić information content (AvgIpc) is 2.51. The fourth-order valence-electron chi connectivity index (χ4n) is 1.72. The summed E-state index contributed by atoms with van der Waals surface area (Å²) in [6.07, 6.45) is -1.12. The maximum Gasteiger partial charge on any atom is 0.322 e. The molecule has 1 amide bonds. The van der Waals surface area contributed by atoms with Crippen molar-refractivity contribution in [1.82, 2.24) is 5.32 Å². The highest BCUT2D eigenvalue weighted by molar-refractivity contribution is 14.1. The van der Waals surface area contributed by atoms with Crippen molar-refractivity contribution in [2.45, 2.75) is 6.10 Å². The smallest absolute Gasteiger partial charge is 0.322 e. The number of anilines is 1. The molecule has 0 bridgehead atoms. The predicted molar refractivity (Wildman–Crippen MR) is 116 cm³/mol. The number of hydrogen-bond donors (Lipinski definition) is 5. The molecule has 5 N–H and O–H groups in total. The second kappa shape index (κ2) is 10.4. The minimum atomic E-state index is -1.12. The molecule has 138 valence electrons. The third kappa shape index (κ3) is 6.02. The van der Waals surface area contributed by atoms with Crippen molar-refractivity contribution in [3.05, 3.63) is 21.8 Å². The van der Waals surface area contributed by atoms with Gasteiger partial charge in [-0.25, -0.2) is 0 Å². The molecule has 0 aliphatic rings. The summed E-state index contributed by atoms with van der Waals surface area (Å²) < 4.78 is 1.12. The van der Waals surface area contributed by atoms with Crippen LogP contribution in [0, 0.1) is 10.7 Å². The molecule has 1 aromatic carbocycles. The van der Waals surface area contributed by atoms with Gasteiger partial charge in [0.25, 0.3) is 11.1 Å². The van der Waals surface area contributed by atoms with Gasteiger partial charge in [0.1, 0.15) is 6.54 Å². The lowest BCUT2D eigenvalue weighted by molar-refractivity contribution is -0.134. The Morgan fingerprint density at radius 1 is 1.08 bits per heavy atom. The quantitative estimate of drug-likeness (QED) is 0.204. The normalized spacial score (nSPS) is 11.8. The van der Waals surface area contributed by atoms with Crippen LogP contribution in [0.4, 0.5) is 5.69 Å². The lowest BCUT2D eigenvalue weighted by atomic mass is 10.1. The minimum absolute atomic E-state index is 0.0871. The van der Waals surface area contributed by atoms with Crippen molar-refractivity contribution in [3.8, 4) is 0 Å².